The number of nitrogens with zero attached hydrogens (tertiary/aromatic N) is 3. The number of benzene rings is 1. The third-order valence-corrected chi connectivity index (χ3v) is 5.55. The molecule has 9 heteroatoms. The van der Waals surface area contributed by atoms with Gasteiger partial charge in [-0.15, -0.1) is 0 Å². The van der Waals surface area contributed by atoms with E-state index >= 15 is 0 Å². The van der Waals surface area contributed by atoms with Gasteiger partial charge in [0, 0.05) is 24.2 Å². The van der Waals surface area contributed by atoms with Crippen LogP contribution in [0.1, 0.15) is 60.3 Å². The lowest BCUT2D eigenvalue weighted by Crippen LogP contribution is -2.28. The maximum atomic E-state index is 12.8. The van der Waals surface area contributed by atoms with Gasteiger partial charge in [-0.1, -0.05) is 6.07 Å². The van der Waals surface area contributed by atoms with Crippen LogP contribution in [-0.4, -0.2) is 40.0 Å². The Labute approximate surface area is 184 Å². The van der Waals surface area contributed by atoms with Gasteiger partial charge < -0.3 is 19.5 Å². The molecule has 166 valence electrons. The van der Waals surface area contributed by atoms with Crippen LogP contribution in [0.25, 0.3) is 11.0 Å². The normalized spacial score (nSPS) is 14.7. The second-order valence-electron chi connectivity index (χ2n) is 8.33. The summed E-state index contributed by atoms with van der Waals surface area (Å²) in [6.45, 7) is 4.15. The van der Waals surface area contributed by atoms with Crippen molar-refractivity contribution in [2.75, 3.05) is 13.4 Å². The quantitative estimate of drug-likeness (QED) is 0.568. The molecule has 0 spiro atoms. The standard InChI is InChI=1S/C23H24N4O5/c1-13(2)27-22-17(10-25-27)16(8-18(26-22)15-4-5-15)23(29)30-11-21(28)24-9-14-3-6-19-20(7-14)32-12-31-19/h3,6-8,10,13,15H,4-5,9,11-12H2,1-2H3,(H,24,28). The van der Waals surface area contributed by atoms with Gasteiger partial charge in [0.1, 0.15) is 0 Å². The van der Waals surface area contributed by atoms with E-state index in [2.05, 4.69) is 10.4 Å². The van der Waals surface area contributed by atoms with Crippen molar-refractivity contribution in [3.63, 3.8) is 0 Å². The van der Waals surface area contributed by atoms with Crippen LogP contribution >= 0.6 is 0 Å². The number of amides is 1. The average molecular weight is 436 g/mol. The highest BCUT2D eigenvalue weighted by Crippen LogP contribution is 2.40. The Morgan fingerprint density at radius 1 is 1.22 bits per heavy atom. The summed E-state index contributed by atoms with van der Waals surface area (Å²) in [6, 6.07) is 7.35. The molecular formula is C23H24N4O5. The Hall–Kier alpha value is -3.62. The minimum atomic E-state index is -0.555. The fourth-order valence-corrected chi connectivity index (χ4v) is 3.68. The van der Waals surface area contributed by atoms with E-state index in [0.29, 0.717) is 40.6 Å². The number of pyridine rings is 1. The predicted octanol–water partition coefficient (Wildman–Crippen LogP) is 3.09. The maximum Gasteiger partial charge on any atom is 0.339 e. The van der Waals surface area contributed by atoms with Crippen molar-refractivity contribution in [3.05, 3.63) is 47.3 Å². The number of hydrogen-bond donors (Lipinski definition) is 1. The lowest BCUT2D eigenvalue weighted by Gasteiger charge is -2.10. The minimum Gasteiger partial charge on any atom is -0.454 e. The fraction of sp³-hybridized carbons (Fsp3) is 0.391. The van der Waals surface area contributed by atoms with Crippen LogP contribution in [0.4, 0.5) is 0 Å². The molecule has 3 heterocycles. The molecule has 0 radical (unpaired) electrons. The van der Waals surface area contributed by atoms with E-state index in [-0.39, 0.29) is 25.3 Å². The Kier molecular flexibility index (Phi) is 5.16. The number of ether oxygens (including phenoxy) is 3. The van der Waals surface area contributed by atoms with Crippen molar-refractivity contribution < 1.29 is 23.8 Å². The molecule has 5 rings (SSSR count). The van der Waals surface area contributed by atoms with Gasteiger partial charge in [0.05, 0.1) is 17.1 Å². The molecule has 0 atom stereocenters. The number of esters is 1. The van der Waals surface area contributed by atoms with Gasteiger partial charge in [-0.3, -0.25) is 4.79 Å². The van der Waals surface area contributed by atoms with Gasteiger partial charge >= 0.3 is 5.97 Å². The summed E-state index contributed by atoms with van der Waals surface area (Å²) in [5, 5.41) is 7.77. The molecule has 1 fully saturated rings. The van der Waals surface area contributed by atoms with Crippen molar-refractivity contribution in [3.8, 4) is 11.5 Å². The molecule has 1 saturated carbocycles. The number of carbonyl (C=O) groups excluding carboxylic acids is 2. The van der Waals surface area contributed by atoms with E-state index in [0.717, 1.165) is 24.1 Å². The van der Waals surface area contributed by atoms with Crippen LogP contribution in [0.15, 0.2) is 30.5 Å². The van der Waals surface area contributed by atoms with Crippen LogP contribution in [0.5, 0.6) is 11.5 Å². The molecule has 9 nitrogen and oxygen atoms in total. The lowest BCUT2D eigenvalue weighted by molar-refractivity contribution is -0.124. The third kappa shape index (κ3) is 3.98. The third-order valence-electron chi connectivity index (χ3n) is 5.55. The van der Waals surface area contributed by atoms with Crippen molar-refractivity contribution in [2.24, 2.45) is 0 Å². The lowest BCUT2D eigenvalue weighted by atomic mass is 10.1. The number of fused-ring (bicyclic) bond motifs is 2. The van der Waals surface area contributed by atoms with Gasteiger partial charge in [-0.25, -0.2) is 14.5 Å². The summed E-state index contributed by atoms with van der Waals surface area (Å²) in [6.07, 6.45) is 3.76. The van der Waals surface area contributed by atoms with Crippen molar-refractivity contribution in [1.29, 1.82) is 0 Å². The summed E-state index contributed by atoms with van der Waals surface area (Å²) in [5.74, 6) is 0.760. The Bertz CT molecular complexity index is 1200. The number of aromatic nitrogens is 3. The average Bonchev–Trinajstić information content (AvgIpc) is 3.37. The van der Waals surface area contributed by atoms with Gasteiger partial charge in [0.25, 0.3) is 5.91 Å². The van der Waals surface area contributed by atoms with Gasteiger partial charge in [0.15, 0.2) is 23.8 Å². The maximum absolute atomic E-state index is 12.8. The number of carbonyl (C=O) groups is 2. The summed E-state index contributed by atoms with van der Waals surface area (Å²) in [5.41, 5.74) is 2.80. The highest BCUT2D eigenvalue weighted by atomic mass is 16.7. The van der Waals surface area contributed by atoms with Crippen LogP contribution in [0, 0.1) is 0 Å². The van der Waals surface area contributed by atoms with Crippen LogP contribution in [0.3, 0.4) is 0 Å². The zero-order chi connectivity index (χ0) is 22.2. The predicted molar refractivity (Wildman–Crippen MR) is 115 cm³/mol. The van der Waals surface area contributed by atoms with E-state index in [1.54, 1.807) is 23.0 Å². The van der Waals surface area contributed by atoms with Crippen LogP contribution in [-0.2, 0) is 16.1 Å². The van der Waals surface area contributed by atoms with Gasteiger partial charge in [0.2, 0.25) is 6.79 Å². The number of rotatable bonds is 7. The molecule has 1 aromatic carbocycles. The number of hydrogen-bond acceptors (Lipinski definition) is 7. The molecule has 1 aliphatic heterocycles. The van der Waals surface area contributed by atoms with Crippen molar-refractivity contribution in [2.45, 2.75) is 45.2 Å². The highest BCUT2D eigenvalue weighted by molar-refractivity contribution is 6.03. The fourth-order valence-electron chi connectivity index (χ4n) is 3.68. The van der Waals surface area contributed by atoms with E-state index < -0.39 is 5.97 Å². The smallest absolute Gasteiger partial charge is 0.339 e. The number of nitrogens with one attached hydrogen (secondary N) is 1. The second-order valence-corrected chi connectivity index (χ2v) is 8.33. The Balaban J connectivity index is 1.25. The molecule has 0 saturated heterocycles. The van der Waals surface area contributed by atoms with Crippen molar-refractivity contribution >= 4 is 22.9 Å². The zero-order valence-corrected chi connectivity index (χ0v) is 18.0. The Morgan fingerprint density at radius 3 is 2.81 bits per heavy atom. The second kappa shape index (κ2) is 8.14. The molecule has 32 heavy (non-hydrogen) atoms. The molecule has 2 aromatic heterocycles. The molecule has 1 amide bonds. The largest absolute Gasteiger partial charge is 0.454 e. The molecular weight excluding hydrogens is 412 g/mol. The minimum absolute atomic E-state index is 0.111. The first-order chi connectivity index (χ1) is 15.5. The van der Waals surface area contributed by atoms with Gasteiger partial charge in [-0.05, 0) is 50.5 Å². The molecule has 3 aromatic rings. The first kappa shape index (κ1) is 20.3. The first-order valence-electron chi connectivity index (χ1n) is 10.7. The van der Waals surface area contributed by atoms with E-state index in [1.807, 2.05) is 26.0 Å². The highest BCUT2D eigenvalue weighted by Gasteiger charge is 2.28. The van der Waals surface area contributed by atoms with E-state index in [4.69, 9.17) is 19.2 Å². The van der Waals surface area contributed by atoms with Crippen LogP contribution in [0.2, 0.25) is 0 Å². The van der Waals surface area contributed by atoms with E-state index in [9.17, 15) is 9.59 Å². The molecule has 1 N–H and O–H groups in total. The summed E-state index contributed by atoms with van der Waals surface area (Å²) >= 11 is 0. The summed E-state index contributed by atoms with van der Waals surface area (Å²) < 4.78 is 17.7. The SMILES string of the molecule is CC(C)n1ncc2c(C(=O)OCC(=O)NCc3ccc4c(c3)OCO4)cc(C3CC3)nc21. The molecule has 1 aliphatic carbocycles. The molecule has 0 bridgehead atoms. The molecule has 2 aliphatic rings. The van der Waals surface area contributed by atoms with Crippen LogP contribution < -0.4 is 14.8 Å². The van der Waals surface area contributed by atoms with Crippen molar-refractivity contribution in [1.82, 2.24) is 20.1 Å². The van der Waals surface area contributed by atoms with Gasteiger partial charge in [-0.2, -0.15) is 5.10 Å². The first-order valence-corrected chi connectivity index (χ1v) is 10.7. The molecule has 0 unspecified atom stereocenters. The van der Waals surface area contributed by atoms with E-state index in [1.165, 1.54) is 0 Å². The summed E-state index contributed by atoms with van der Waals surface area (Å²) in [4.78, 5) is 29.8. The Morgan fingerprint density at radius 2 is 2.03 bits per heavy atom. The summed E-state index contributed by atoms with van der Waals surface area (Å²) in [7, 11) is 0. The monoisotopic (exact) mass is 436 g/mol. The topological polar surface area (TPSA) is 105 Å². The zero-order valence-electron chi connectivity index (χ0n) is 18.0.